The van der Waals surface area contributed by atoms with Crippen molar-refractivity contribution < 1.29 is 27.8 Å². The molecule has 0 aliphatic carbocycles. The van der Waals surface area contributed by atoms with E-state index in [9.17, 15) is 23.1 Å². The molecule has 0 spiro atoms. The SMILES string of the molecule is O=C(OCC(F)(F)F)c1ccc(N=Nc2ccc(O)c3ncccc23)cc1. The quantitative estimate of drug-likeness (QED) is 0.509. The van der Waals surface area contributed by atoms with E-state index in [4.69, 9.17) is 0 Å². The van der Waals surface area contributed by atoms with Crippen molar-refractivity contribution in [2.24, 2.45) is 10.2 Å². The van der Waals surface area contributed by atoms with Crippen LogP contribution in [0.3, 0.4) is 0 Å². The predicted molar refractivity (Wildman–Crippen MR) is 90.4 cm³/mol. The molecule has 0 aliphatic rings. The summed E-state index contributed by atoms with van der Waals surface area (Å²) in [5.74, 6) is -1.06. The standard InChI is InChI=1S/C18H12F3N3O3/c19-18(20,21)10-27-17(26)11-3-5-12(6-4-11)23-24-14-7-8-15(25)16-13(14)2-1-9-22-16/h1-9,25H,10H2. The summed E-state index contributed by atoms with van der Waals surface area (Å²) in [7, 11) is 0. The van der Waals surface area contributed by atoms with Crippen LogP contribution in [0.4, 0.5) is 24.5 Å². The molecular formula is C18H12F3N3O3. The minimum atomic E-state index is -4.58. The summed E-state index contributed by atoms with van der Waals surface area (Å²) in [6.45, 7) is -1.64. The average molecular weight is 375 g/mol. The summed E-state index contributed by atoms with van der Waals surface area (Å²) >= 11 is 0. The lowest BCUT2D eigenvalue weighted by atomic mass is 10.2. The molecule has 0 radical (unpaired) electrons. The van der Waals surface area contributed by atoms with Gasteiger partial charge in [0.05, 0.1) is 16.9 Å². The van der Waals surface area contributed by atoms with Crippen LogP contribution in [0.15, 0.2) is 65.0 Å². The van der Waals surface area contributed by atoms with Crippen LogP contribution in [0.25, 0.3) is 10.9 Å². The number of phenolic OH excluding ortho intramolecular Hbond substituents is 1. The van der Waals surface area contributed by atoms with Crippen molar-refractivity contribution >= 4 is 28.2 Å². The molecule has 0 fully saturated rings. The number of esters is 1. The molecule has 0 saturated heterocycles. The number of hydrogen-bond donors (Lipinski definition) is 1. The second-order valence-electron chi connectivity index (χ2n) is 5.44. The zero-order valence-electron chi connectivity index (χ0n) is 13.6. The van der Waals surface area contributed by atoms with Gasteiger partial charge in [0.25, 0.3) is 0 Å². The Balaban J connectivity index is 1.75. The zero-order chi connectivity index (χ0) is 19.4. The van der Waals surface area contributed by atoms with Gasteiger partial charge in [-0.1, -0.05) is 0 Å². The summed E-state index contributed by atoms with van der Waals surface area (Å²) in [6.07, 6.45) is -3.04. The number of nitrogens with zero attached hydrogens (tertiary/aromatic N) is 3. The Morgan fingerprint density at radius 2 is 1.81 bits per heavy atom. The van der Waals surface area contributed by atoms with E-state index >= 15 is 0 Å². The van der Waals surface area contributed by atoms with Crippen LogP contribution in [0.1, 0.15) is 10.4 Å². The number of pyridine rings is 1. The number of halogens is 3. The first kappa shape index (κ1) is 18.3. The van der Waals surface area contributed by atoms with E-state index in [-0.39, 0.29) is 11.3 Å². The number of benzene rings is 2. The number of phenols is 1. The van der Waals surface area contributed by atoms with E-state index < -0.39 is 18.8 Å². The predicted octanol–water partition coefficient (Wildman–Crippen LogP) is 5.07. The normalized spacial score (nSPS) is 11.8. The largest absolute Gasteiger partial charge is 0.506 e. The number of aromatic hydroxyl groups is 1. The lowest BCUT2D eigenvalue weighted by Crippen LogP contribution is -2.20. The average Bonchev–Trinajstić information content (AvgIpc) is 2.66. The monoisotopic (exact) mass is 375 g/mol. The first-order chi connectivity index (χ1) is 12.8. The van der Waals surface area contributed by atoms with Crippen molar-refractivity contribution in [1.82, 2.24) is 4.98 Å². The molecule has 0 bridgehead atoms. The maximum Gasteiger partial charge on any atom is 0.422 e. The number of rotatable bonds is 4. The van der Waals surface area contributed by atoms with Crippen molar-refractivity contribution in [3.8, 4) is 5.75 Å². The van der Waals surface area contributed by atoms with Crippen LogP contribution < -0.4 is 0 Å². The molecule has 9 heteroatoms. The van der Waals surface area contributed by atoms with Gasteiger partial charge in [-0.2, -0.15) is 18.3 Å². The fourth-order valence-electron chi connectivity index (χ4n) is 2.24. The van der Waals surface area contributed by atoms with Gasteiger partial charge in [-0.3, -0.25) is 4.98 Å². The smallest absolute Gasteiger partial charge is 0.422 e. The highest BCUT2D eigenvalue weighted by Crippen LogP contribution is 2.31. The van der Waals surface area contributed by atoms with Crippen molar-refractivity contribution in [2.75, 3.05) is 6.61 Å². The van der Waals surface area contributed by atoms with Crippen LogP contribution in [0, 0.1) is 0 Å². The highest BCUT2D eigenvalue weighted by Gasteiger charge is 2.29. The van der Waals surface area contributed by atoms with E-state index in [1.165, 1.54) is 30.3 Å². The lowest BCUT2D eigenvalue weighted by molar-refractivity contribution is -0.161. The van der Waals surface area contributed by atoms with E-state index in [0.717, 1.165) is 0 Å². The lowest BCUT2D eigenvalue weighted by Gasteiger charge is -2.07. The van der Waals surface area contributed by atoms with Crippen molar-refractivity contribution in [2.45, 2.75) is 6.18 Å². The highest BCUT2D eigenvalue weighted by atomic mass is 19.4. The molecule has 138 valence electrons. The number of carbonyl (C=O) groups is 1. The van der Waals surface area contributed by atoms with Crippen LogP contribution in [-0.2, 0) is 4.74 Å². The van der Waals surface area contributed by atoms with Gasteiger partial charge < -0.3 is 9.84 Å². The van der Waals surface area contributed by atoms with Crippen molar-refractivity contribution in [3.05, 3.63) is 60.3 Å². The second kappa shape index (κ2) is 7.40. The summed E-state index contributed by atoms with van der Waals surface area (Å²) in [6, 6.07) is 11.9. The topological polar surface area (TPSA) is 84.1 Å². The Kier molecular flexibility index (Phi) is 5.02. The van der Waals surface area contributed by atoms with Gasteiger partial charge in [0, 0.05) is 11.6 Å². The van der Waals surface area contributed by atoms with Crippen LogP contribution in [0.5, 0.6) is 5.75 Å². The van der Waals surface area contributed by atoms with Gasteiger partial charge in [-0.15, -0.1) is 5.11 Å². The number of fused-ring (bicyclic) bond motifs is 1. The summed E-state index contributed by atoms with van der Waals surface area (Å²) in [4.78, 5) is 15.6. The fraction of sp³-hybridized carbons (Fsp3) is 0.111. The van der Waals surface area contributed by atoms with Gasteiger partial charge in [-0.25, -0.2) is 4.79 Å². The fourth-order valence-corrected chi connectivity index (χ4v) is 2.24. The van der Waals surface area contributed by atoms with Gasteiger partial charge in [0.15, 0.2) is 6.61 Å². The third-order valence-corrected chi connectivity index (χ3v) is 3.47. The third kappa shape index (κ3) is 4.57. The van der Waals surface area contributed by atoms with E-state index in [0.29, 0.717) is 22.3 Å². The molecule has 0 saturated carbocycles. The first-order valence-electron chi connectivity index (χ1n) is 7.66. The van der Waals surface area contributed by atoms with E-state index in [1.54, 1.807) is 24.4 Å². The van der Waals surface area contributed by atoms with Gasteiger partial charge in [-0.05, 0) is 48.5 Å². The molecule has 6 nitrogen and oxygen atoms in total. The zero-order valence-corrected chi connectivity index (χ0v) is 13.6. The molecule has 3 rings (SSSR count). The molecule has 1 N–H and O–H groups in total. The number of aromatic nitrogens is 1. The Bertz CT molecular complexity index is 1000. The molecule has 3 aromatic rings. The Morgan fingerprint density at radius 1 is 1.07 bits per heavy atom. The Morgan fingerprint density at radius 3 is 2.52 bits per heavy atom. The maximum absolute atomic E-state index is 12.1. The third-order valence-electron chi connectivity index (χ3n) is 3.47. The molecule has 0 atom stereocenters. The van der Waals surface area contributed by atoms with Crippen LogP contribution in [0.2, 0.25) is 0 Å². The summed E-state index contributed by atoms with van der Waals surface area (Å²) in [5, 5.41) is 18.5. The summed E-state index contributed by atoms with van der Waals surface area (Å²) in [5.41, 5.74) is 1.21. The number of azo groups is 1. The van der Waals surface area contributed by atoms with Crippen LogP contribution >= 0.6 is 0 Å². The molecule has 1 aromatic heterocycles. The highest BCUT2D eigenvalue weighted by molar-refractivity contribution is 5.93. The molecule has 27 heavy (non-hydrogen) atoms. The molecule has 1 heterocycles. The van der Waals surface area contributed by atoms with Crippen LogP contribution in [-0.4, -0.2) is 28.8 Å². The Labute approximate surface area is 150 Å². The molecular weight excluding hydrogens is 363 g/mol. The number of carbonyl (C=O) groups excluding carboxylic acids is 1. The minimum absolute atomic E-state index is 0.0197. The Hall–Kier alpha value is -3.49. The summed E-state index contributed by atoms with van der Waals surface area (Å²) < 4.78 is 40.4. The molecule has 2 aromatic carbocycles. The van der Waals surface area contributed by atoms with E-state index in [2.05, 4.69) is 19.9 Å². The van der Waals surface area contributed by atoms with Crippen molar-refractivity contribution in [1.29, 1.82) is 0 Å². The molecule has 0 amide bonds. The van der Waals surface area contributed by atoms with Crippen molar-refractivity contribution in [3.63, 3.8) is 0 Å². The molecule has 0 aliphatic heterocycles. The first-order valence-corrected chi connectivity index (χ1v) is 7.66. The van der Waals surface area contributed by atoms with E-state index in [1.807, 2.05) is 0 Å². The number of hydrogen-bond acceptors (Lipinski definition) is 6. The van der Waals surface area contributed by atoms with Gasteiger partial charge in [0.2, 0.25) is 0 Å². The minimum Gasteiger partial charge on any atom is -0.506 e. The molecule has 0 unspecified atom stereocenters. The number of alkyl halides is 3. The van der Waals surface area contributed by atoms with Gasteiger partial charge in [0.1, 0.15) is 11.3 Å². The van der Waals surface area contributed by atoms with Gasteiger partial charge >= 0.3 is 12.1 Å². The number of ether oxygens (including phenoxy) is 1. The second-order valence-corrected chi connectivity index (χ2v) is 5.44. The maximum atomic E-state index is 12.1.